The minimum atomic E-state index is -4.13. The molecule has 0 atom stereocenters. The summed E-state index contributed by atoms with van der Waals surface area (Å²) in [5, 5.41) is 9.60. The van der Waals surface area contributed by atoms with Crippen LogP contribution in [0.25, 0.3) is 22.3 Å². The third-order valence-corrected chi connectivity index (χ3v) is 13.0. The van der Waals surface area contributed by atoms with E-state index < -0.39 is 25.8 Å². The number of likely N-dealkylation sites (tertiary alicyclic amines) is 1. The molecule has 1 saturated heterocycles. The molecule has 0 saturated carbocycles. The molecular weight excluding hydrogens is 679 g/mol. The molecule has 2 aliphatic heterocycles. The van der Waals surface area contributed by atoms with Gasteiger partial charge in [0.1, 0.15) is 9.84 Å². The molecule has 2 aliphatic rings. The van der Waals surface area contributed by atoms with E-state index in [0.717, 1.165) is 5.56 Å². The number of nitrogens with zero attached hydrogens (tertiary/aromatic N) is 5. The maximum atomic E-state index is 14.3. The first kappa shape index (κ1) is 33.4. The normalized spacial score (nSPS) is 16.2. The van der Waals surface area contributed by atoms with Gasteiger partial charge in [0, 0.05) is 36.5 Å². The average Bonchev–Trinajstić information content (AvgIpc) is 3.51. The minimum Gasteiger partial charge on any atom is -0.478 e. The molecule has 258 valence electrons. The summed E-state index contributed by atoms with van der Waals surface area (Å²) in [6, 6.07) is 23.3. The first-order valence-electron chi connectivity index (χ1n) is 16.1. The van der Waals surface area contributed by atoms with Gasteiger partial charge in [0.15, 0.2) is 5.65 Å². The Bertz CT molecular complexity index is 2330. The van der Waals surface area contributed by atoms with Crippen molar-refractivity contribution in [3.63, 3.8) is 0 Å². The number of rotatable bonds is 8. The van der Waals surface area contributed by atoms with Gasteiger partial charge in [-0.15, -0.1) is 0 Å². The summed E-state index contributed by atoms with van der Waals surface area (Å²) in [6.07, 6.45) is 4.00. The molecule has 12 nitrogen and oxygen atoms in total. The Labute approximate surface area is 290 Å². The van der Waals surface area contributed by atoms with E-state index in [-0.39, 0.29) is 33.9 Å². The van der Waals surface area contributed by atoms with Crippen molar-refractivity contribution in [3.8, 4) is 11.3 Å². The van der Waals surface area contributed by atoms with E-state index in [1.165, 1.54) is 50.5 Å². The largest absolute Gasteiger partial charge is 0.478 e. The Morgan fingerprint density at radius 3 is 2.20 bits per heavy atom. The van der Waals surface area contributed by atoms with Gasteiger partial charge in [0.05, 0.1) is 39.8 Å². The van der Waals surface area contributed by atoms with Gasteiger partial charge >= 0.3 is 12.0 Å². The molecule has 3 aromatic carbocycles. The maximum absolute atomic E-state index is 14.3. The maximum Gasteiger partial charge on any atom is 0.335 e. The Hall–Kier alpha value is -5.05. The number of carboxylic acids is 1. The second-order valence-electron chi connectivity index (χ2n) is 12.8. The van der Waals surface area contributed by atoms with E-state index in [1.807, 2.05) is 24.3 Å². The number of pyridine rings is 1. The van der Waals surface area contributed by atoms with Crippen molar-refractivity contribution in [3.05, 3.63) is 108 Å². The molecule has 0 bridgehead atoms. The third-order valence-electron chi connectivity index (χ3n) is 9.58. The molecule has 4 heterocycles. The molecule has 0 unspecified atom stereocenters. The number of carbonyl (C=O) groups excluding carboxylic acids is 1. The average molecular weight is 714 g/mol. The number of sulfone groups is 1. The number of amides is 2. The summed E-state index contributed by atoms with van der Waals surface area (Å²) in [5.74, 6) is -1.08. The molecule has 14 heteroatoms. The van der Waals surface area contributed by atoms with E-state index in [9.17, 15) is 31.5 Å². The minimum absolute atomic E-state index is 0.0916. The standard InChI is InChI=1S/C36H35N5O7S2/c1-38-33-21-37-34-30(31(33)23-40(36(38)44)27-14-12-26(13-15-27)35(42)43)20-32(41(34)50(47,48)29-6-4-3-5-7-29)25-10-8-24(9-11-25)22-39-18-16-28(17-19-39)49(2,45)46/h3-15,20-21,28H,16-19,22-23H2,1-2H3,(H,42,43). The lowest BCUT2D eigenvalue weighted by molar-refractivity contribution is 0.0697. The first-order chi connectivity index (χ1) is 23.8. The highest BCUT2D eigenvalue weighted by molar-refractivity contribution is 7.91. The van der Waals surface area contributed by atoms with Crippen molar-refractivity contribution in [1.29, 1.82) is 0 Å². The van der Waals surface area contributed by atoms with Crippen molar-refractivity contribution in [2.45, 2.75) is 36.1 Å². The zero-order valence-electron chi connectivity index (χ0n) is 27.4. The van der Waals surface area contributed by atoms with Crippen molar-refractivity contribution in [1.82, 2.24) is 13.9 Å². The SMILES string of the molecule is CN1C(=O)N(c2ccc(C(=O)O)cc2)Cc2c1cnc1c2cc(-c2ccc(CN3CCC(S(C)(=O)=O)CC3)cc2)n1S(=O)(=O)c1ccccc1. The van der Waals surface area contributed by atoms with E-state index >= 15 is 0 Å². The van der Waals surface area contributed by atoms with E-state index in [0.29, 0.717) is 66.1 Å². The molecule has 5 aromatic rings. The third kappa shape index (κ3) is 6.03. The van der Waals surface area contributed by atoms with Gasteiger partial charge in [-0.05, 0) is 79.5 Å². The highest BCUT2D eigenvalue weighted by Gasteiger charge is 2.34. The number of hydrogen-bond acceptors (Lipinski definition) is 8. The zero-order valence-corrected chi connectivity index (χ0v) is 29.1. The fourth-order valence-electron chi connectivity index (χ4n) is 6.79. The van der Waals surface area contributed by atoms with Crippen LogP contribution in [0.2, 0.25) is 0 Å². The predicted molar refractivity (Wildman–Crippen MR) is 191 cm³/mol. The van der Waals surface area contributed by atoms with Crippen LogP contribution >= 0.6 is 0 Å². The molecule has 2 amide bonds. The number of aromatic carboxylic acids is 1. The van der Waals surface area contributed by atoms with Gasteiger partial charge < -0.3 is 5.11 Å². The molecule has 1 fully saturated rings. The number of piperidine rings is 1. The van der Waals surface area contributed by atoms with Crippen LogP contribution < -0.4 is 9.80 Å². The Morgan fingerprint density at radius 1 is 0.920 bits per heavy atom. The molecule has 1 N–H and O–H groups in total. The summed E-state index contributed by atoms with van der Waals surface area (Å²) in [6.45, 7) is 2.10. The molecule has 2 aromatic heterocycles. The second-order valence-corrected chi connectivity index (χ2v) is 16.9. The first-order valence-corrected chi connectivity index (χ1v) is 19.5. The molecule has 0 radical (unpaired) electrons. The van der Waals surface area contributed by atoms with Gasteiger partial charge in [0.25, 0.3) is 10.0 Å². The van der Waals surface area contributed by atoms with E-state index in [2.05, 4.69) is 9.88 Å². The number of benzene rings is 3. The van der Waals surface area contributed by atoms with Crippen LogP contribution in [0.15, 0.2) is 96.0 Å². The van der Waals surface area contributed by atoms with Crippen molar-refractivity contribution in [2.75, 3.05) is 36.2 Å². The monoisotopic (exact) mass is 713 g/mol. The topological polar surface area (TPSA) is 150 Å². The van der Waals surface area contributed by atoms with Crippen LogP contribution in [0.5, 0.6) is 0 Å². The van der Waals surface area contributed by atoms with Gasteiger partial charge in [-0.3, -0.25) is 14.7 Å². The quantitative estimate of drug-likeness (QED) is 0.228. The number of hydrogen-bond donors (Lipinski definition) is 1. The molecule has 0 aliphatic carbocycles. The smallest absolute Gasteiger partial charge is 0.335 e. The fraction of sp³-hybridized carbons (Fsp3) is 0.250. The van der Waals surface area contributed by atoms with E-state index in [4.69, 9.17) is 0 Å². The fourth-order valence-corrected chi connectivity index (χ4v) is 9.36. The number of fused-ring (bicyclic) bond motifs is 3. The number of carbonyl (C=O) groups is 2. The summed E-state index contributed by atoms with van der Waals surface area (Å²) in [4.78, 5) is 34.8. The molecule has 50 heavy (non-hydrogen) atoms. The summed E-state index contributed by atoms with van der Waals surface area (Å²) >= 11 is 0. The molecule has 7 rings (SSSR count). The van der Waals surface area contributed by atoms with Crippen LogP contribution in [0, 0.1) is 0 Å². The van der Waals surface area contributed by atoms with E-state index in [1.54, 1.807) is 43.4 Å². The lowest BCUT2D eigenvalue weighted by Gasteiger charge is -2.35. The number of carboxylic acid groups (broad SMARTS) is 1. The Kier molecular flexibility index (Phi) is 8.48. The van der Waals surface area contributed by atoms with Crippen LogP contribution in [0.4, 0.5) is 16.2 Å². The van der Waals surface area contributed by atoms with Gasteiger partial charge in [-0.1, -0.05) is 42.5 Å². The van der Waals surface area contributed by atoms with Crippen molar-refractivity contribution >= 4 is 54.3 Å². The van der Waals surface area contributed by atoms with Crippen LogP contribution in [0.3, 0.4) is 0 Å². The summed E-state index contributed by atoms with van der Waals surface area (Å²) < 4.78 is 53.9. The Balaban J connectivity index is 1.29. The van der Waals surface area contributed by atoms with Crippen molar-refractivity contribution < 1.29 is 31.5 Å². The molecule has 0 spiro atoms. The van der Waals surface area contributed by atoms with Gasteiger partial charge in [-0.2, -0.15) is 0 Å². The predicted octanol–water partition coefficient (Wildman–Crippen LogP) is 5.22. The van der Waals surface area contributed by atoms with Crippen LogP contribution in [-0.2, 0) is 33.0 Å². The summed E-state index contributed by atoms with van der Waals surface area (Å²) in [5.41, 5.74) is 4.10. The highest BCUT2D eigenvalue weighted by Crippen LogP contribution is 2.39. The number of urea groups is 1. The Morgan fingerprint density at radius 2 is 1.58 bits per heavy atom. The second kappa shape index (κ2) is 12.7. The van der Waals surface area contributed by atoms with Gasteiger partial charge in [-0.25, -0.2) is 35.4 Å². The van der Waals surface area contributed by atoms with Crippen molar-refractivity contribution in [2.24, 2.45) is 0 Å². The van der Waals surface area contributed by atoms with Crippen LogP contribution in [-0.4, -0.2) is 79.4 Å². The van der Waals surface area contributed by atoms with Crippen LogP contribution in [0.1, 0.15) is 34.3 Å². The molecular formula is C36H35N5O7S2. The summed E-state index contributed by atoms with van der Waals surface area (Å²) in [7, 11) is -5.58. The number of aromatic nitrogens is 2. The number of anilines is 2. The lowest BCUT2D eigenvalue weighted by Crippen LogP contribution is -2.45. The lowest BCUT2D eigenvalue weighted by atomic mass is 10.0. The van der Waals surface area contributed by atoms with Gasteiger partial charge in [0.2, 0.25) is 0 Å². The highest BCUT2D eigenvalue weighted by atomic mass is 32.2. The zero-order chi connectivity index (χ0) is 35.4.